The lowest BCUT2D eigenvalue weighted by molar-refractivity contribution is -0.154. The van der Waals surface area contributed by atoms with Crippen molar-refractivity contribution >= 4 is 5.97 Å². The van der Waals surface area contributed by atoms with Gasteiger partial charge in [-0.05, 0) is 24.8 Å². The van der Waals surface area contributed by atoms with E-state index in [1.54, 1.807) is 7.11 Å². The fraction of sp³-hybridized carbons (Fsp3) is 0.533. The van der Waals surface area contributed by atoms with E-state index in [0.717, 1.165) is 31.2 Å². The number of nitrogens with two attached hydrogens (primary N) is 1. The first-order chi connectivity index (χ1) is 9.20. The molecular formula is C15H21NO3. The standard InChI is InChI=1S/C15H21NO3/c1-18-12-8-5-9-13(10-12)19-15(17)14(16)11-6-3-2-4-7-11/h2-4,6-7,12-14H,5,8-10,16H2,1H3. The molecule has 104 valence electrons. The van der Waals surface area contributed by atoms with Crippen LogP contribution < -0.4 is 5.73 Å². The summed E-state index contributed by atoms with van der Waals surface area (Å²) in [6.45, 7) is 0. The highest BCUT2D eigenvalue weighted by atomic mass is 16.5. The maximum absolute atomic E-state index is 12.0. The van der Waals surface area contributed by atoms with Crippen molar-refractivity contribution in [3.8, 4) is 0 Å². The van der Waals surface area contributed by atoms with Crippen molar-refractivity contribution in [3.63, 3.8) is 0 Å². The molecule has 0 aromatic heterocycles. The second-order valence-electron chi connectivity index (χ2n) is 4.97. The minimum atomic E-state index is -0.705. The van der Waals surface area contributed by atoms with Crippen LogP contribution in [0.2, 0.25) is 0 Å². The lowest BCUT2D eigenvalue weighted by Gasteiger charge is -2.28. The largest absolute Gasteiger partial charge is 0.461 e. The zero-order valence-electron chi connectivity index (χ0n) is 11.2. The van der Waals surface area contributed by atoms with Crippen LogP contribution in [-0.4, -0.2) is 25.3 Å². The van der Waals surface area contributed by atoms with Crippen molar-refractivity contribution in [1.29, 1.82) is 0 Å². The van der Waals surface area contributed by atoms with Crippen molar-refractivity contribution in [2.45, 2.75) is 43.9 Å². The van der Waals surface area contributed by atoms with Gasteiger partial charge in [0.15, 0.2) is 0 Å². The molecule has 3 atom stereocenters. The number of esters is 1. The summed E-state index contributed by atoms with van der Waals surface area (Å²) in [6, 6.07) is 8.60. The molecule has 4 heteroatoms. The summed E-state index contributed by atoms with van der Waals surface area (Å²) >= 11 is 0. The van der Waals surface area contributed by atoms with Gasteiger partial charge in [0.05, 0.1) is 6.10 Å². The van der Waals surface area contributed by atoms with E-state index < -0.39 is 6.04 Å². The van der Waals surface area contributed by atoms with Crippen molar-refractivity contribution in [2.75, 3.05) is 7.11 Å². The van der Waals surface area contributed by atoms with E-state index in [0.29, 0.717) is 0 Å². The Morgan fingerprint density at radius 3 is 2.63 bits per heavy atom. The van der Waals surface area contributed by atoms with Crippen molar-refractivity contribution in [2.24, 2.45) is 5.73 Å². The smallest absolute Gasteiger partial charge is 0.327 e. The second kappa shape index (κ2) is 6.68. The van der Waals surface area contributed by atoms with Crippen LogP contribution in [0.25, 0.3) is 0 Å². The van der Waals surface area contributed by atoms with Crippen LogP contribution in [0.5, 0.6) is 0 Å². The van der Waals surface area contributed by atoms with Gasteiger partial charge in [-0.1, -0.05) is 30.3 Å². The van der Waals surface area contributed by atoms with Crippen LogP contribution in [0.15, 0.2) is 30.3 Å². The molecule has 1 aromatic rings. The number of hydrogen-bond acceptors (Lipinski definition) is 4. The Morgan fingerprint density at radius 1 is 1.26 bits per heavy atom. The Labute approximate surface area is 113 Å². The number of benzene rings is 1. The summed E-state index contributed by atoms with van der Waals surface area (Å²) in [4.78, 5) is 12.0. The van der Waals surface area contributed by atoms with Gasteiger partial charge in [0.25, 0.3) is 0 Å². The van der Waals surface area contributed by atoms with E-state index in [1.807, 2.05) is 30.3 Å². The van der Waals surface area contributed by atoms with Crippen molar-refractivity contribution < 1.29 is 14.3 Å². The van der Waals surface area contributed by atoms with E-state index in [4.69, 9.17) is 15.2 Å². The Hall–Kier alpha value is -1.39. The number of hydrogen-bond donors (Lipinski definition) is 1. The predicted molar refractivity (Wildman–Crippen MR) is 72.5 cm³/mol. The predicted octanol–water partition coefficient (Wildman–Crippen LogP) is 2.19. The molecule has 1 aromatic carbocycles. The van der Waals surface area contributed by atoms with E-state index in [1.165, 1.54) is 0 Å². The highest BCUT2D eigenvalue weighted by Crippen LogP contribution is 2.24. The maximum Gasteiger partial charge on any atom is 0.327 e. The zero-order valence-corrected chi connectivity index (χ0v) is 11.2. The minimum Gasteiger partial charge on any atom is -0.461 e. The molecular weight excluding hydrogens is 242 g/mol. The van der Waals surface area contributed by atoms with Gasteiger partial charge in [0.2, 0.25) is 0 Å². The molecule has 1 aliphatic carbocycles. The average molecular weight is 263 g/mol. The molecule has 3 unspecified atom stereocenters. The molecule has 4 nitrogen and oxygen atoms in total. The lowest BCUT2D eigenvalue weighted by atomic mass is 9.95. The summed E-state index contributed by atoms with van der Waals surface area (Å²) in [5.41, 5.74) is 6.70. The van der Waals surface area contributed by atoms with Gasteiger partial charge >= 0.3 is 5.97 Å². The number of rotatable bonds is 4. The number of ether oxygens (including phenoxy) is 2. The summed E-state index contributed by atoms with van der Waals surface area (Å²) < 4.78 is 10.8. The molecule has 0 radical (unpaired) electrons. The molecule has 0 saturated heterocycles. The van der Waals surface area contributed by atoms with Crippen molar-refractivity contribution in [1.82, 2.24) is 0 Å². The highest BCUT2D eigenvalue weighted by Gasteiger charge is 2.27. The maximum atomic E-state index is 12.0. The van der Waals surface area contributed by atoms with Crippen molar-refractivity contribution in [3.05, 3.63) is 35.9 Å². The van der Waals surface area contributed by atoms with Gasteiger partial charge in [-0.3, -0.25) is 0 Å². The summed E-state index contributed by atoms with van der Waals surface area (Å²) in [7, 11) is 1.70. The third-order valence-electron chi connectivity index (χ3n) is 3.61. The minimum absolute atomic E-state index is 0.0686. The van der Waals surface area contributed by atoms with Gasteiger partial charge in [-0.15, -0.1) is 0 Å². The number of carbonyl (C=O) groups excluding carboxylic acids is 1. The van der Waals surface area contributed by atoms with Gasteiger partial charge in [-0.2, -0.15) is 0 Å². The molecule has 0 bridgehead atoms. The molecule has 2 rings (SSSR count). The van der Waals surface area contributed by atoms with Gasteiger partial charge in [0, 0.05) is 13.5 Å². The van der Waals surface area contributed by atoms with Crippen LogP contribution in [0.1, 0.15) is 37.3 Å². The fourth-order valence-electron chi connectivity index (χ4n) is 2.46. The van der Waals surface area contributed by atoms with Crippen LogP contribution in [0.4, 0.5) is 0 Å². The molecule has 0 amide bonds. The van der Waals surface area contributed by atoms with Crippen LogP contribution in [0, 0.1) is 0 Å². The SMILES string of the molecule is COC1CCCC(OC(=O)C(N)c2ccccc2)C1. The molecule has 1 aliphatic rings. The Morgan fingerprint density at radius 2 is 1.95 bits per heavy atom. The lowest BCUT2D eigenvalue weighted by Crippen LogP contribution is -2.33. The van der Waals surface area contributed by atoms with Crippen LogP contribution in [0.3, 0.4) is 0 Å². The van der Waals surface area contributed by atoms with Gasteiger partial charge < -0.3 is 15.2 Å². The van der Waals surface area contributed by atoms with E-state index in [2.05, 4.69) is 0 Å². The molecule has 19 heavy (non-hydrogen) atoms. The topological polar surface area (TPSA) is 61.5 Å². The third kappa shape index (κ3) is 3.78. The Kier molecular flexibility index (Phi) is 4.93. The van der Waals surface area contributed by atoms with Gasteiger partial charge in [-0.25, -0.2) is 4.79 Å². The van der Waals surface area contributed by atoms with E-state index in [-0.39, 0.29) is 18.2 Å². The highest BCUT2D eigenvalue weighted by molar-refractivity contribution is 5.77. The Bertz CT molecular complexity index is 407. The molecule has 0 aliphatic heterocycles. The Balaban J connectivity index is 1.90. The first-order valence-electron chi connectivity index (χ1n) is 6.74. The number of methoxy groups -OCH3 is 1. The van der Waals surface area contributed by atoms with Crippen LogP contribution >= 0.6 is 0 Å². The molecule has 0 heterocycles. The second-order valence-corrected chi connectivity index (χ2v) is 4.97. The van der Waals surface area contributed by atoms with Crippen LogP contribution in [-0.2, 0) is 14.3 Å². The molecule has 1 fully saturated rings. The first kappa shape index (κ1) is 14.0. The zero-order chi connectivity index (χ0) is 13.7. The first-order valence-corrected chi connectivity index (χ1v) is 6.74. The van der Waals surface area contributed by atoms with E-state index >= 15 is 0 Å². The quantitative estimate of drug-likeness (QED) is 0.846. The number of carbonyl (C=O) groups is 1. The summed E-state index contributed by atoms with van der Waals surface area (Å²) in [5.74, 6) is -0.354. The summed E-state index contributed by atoms with van der Waals surface area (Å²) in [5, 5.41) is 0. The van der Waals surface area contributed by atoms with E-state index in [9.17, 15) is 4.79 Å². The molecule has 1 saturated carbocycles. The third-order valence-corrected chi connectivity index (χ3v) is 3.61. The normalized spacial score (nSPS) is 24.7. The summed E-state index contributed by atoms with van der Waals surface area (Å²) in [6.07, 6.45) is 3.85. The molecule has 2 N–H and O–H groups in total. The fourth-order valence-corrected chi connectivity index (χ4v) is 2.46. The monoisotopic (exact) mass is 263 g/mol. The molecule has 0 spiro atoms. The average Bonchev–Trinajstić information content (AvgIpc) is 2.47. The van der Waals surface area contributed by atoms with Gasteiger partial charge in [0.1, 0.15) is 12.1 Å².